The van der Waals surface area contributed by atoms with Gasteiger partial charge in [-0.3, -0.25) is 14.8 Å². The molecule has 1 aromatic heterocycles. The molecule has 116 valence electrons. The van der Waals surface area contributed by atoms with Crippen LogP contribution in [0.5, 0.6) is 0 Å². The van der Waals surface area contributed by atoms with Crippen molar-refractivity contribution in [3.05, 3.63) is 46.3 Å². The summed E-state index contributed by atoms with van der Waals surface area (Å²) in [4.78, 5) is 12.9. The van der Waals surface area contributed by atoms with E-state index in [1.807, 2.05) is 28.9 Å². The molecule has 1 saturated heterocycles. The molecule has 0 spiro atoms. The number of nitrogens with zero attached hydrogens (tertiary/aromatic N) is 4. The zero-order valence-electron chi connectivity index (χ0n) is 12.5. The number of anilines is 2. The Morgan fingerprint density at radius 1 is 1.45 bits per heavy atom. The molecule has 0 aliphatic carbocycles. The summed E-state index contributed by atoms with van der Waals surface area (Å²) in [6, 6.07) is 4.96. The molecule has 7 heteroatoms. The van der Waals surface area contributed by atoms with Crippen molar-refractivity contribution in [3.8, 4) is 0 Å². The second kappa shape index (κ2) is 5.67. The molecule has 0 amide bonds. The van der Waals surface area contributed by atoms with Crippen molar-refractivity contribution in [1.82, 2.24) is 9.78 Å². The van der Waals surface area contributed by atoms with E-state index in [0.717, 1.165) is 24.9 Å². The molecule has 1 atom stereocenters. The number of piperidine rings is 1. The summed E-state index contributed by atoms with van der Waals surface area (Å²) >= 11 is 0. The Labute approximate surface area is 128 Å². The molecule has 1 unspecified atom stereocenters. The second-order valence-corrected chi connectivity index (χ2v) is 5.75. The zero-order valence-corrected chi connectivity index (χ0v) is 12.5. The lowest BCUT2D eigenvalue weighted by molar-refractivity contribution is -0.384. The van der Waals surface area contributed by atoms with Crippen LogP contribution in [0.3, 0.4) is 0 Å². The minimum absolute atomic E-state index is 0.103. The monoisotopic (exact) mass is 301 g/mol. The van der Waals surface area contributed by atoms with Crippen LogP contribution >= 0.6 is 0 Å². The number of rotatable bonds is 3. The number of nitrogen functional groups attached to an aromatic ring is 1. The first kappa shape index (κ1) is 14.4. The van der Waals surface area contributed by atoms with E-state index in [2.05, 4.69) is 5.10 Å². The molecule has 22 heavy (non-hydrogen) atoms. The number of nitro groups is 1. The third-order valence-electron chi connectivity index (χ3n) is 4.04. The fraction of sp³-hybridized carbons (Fsp3) is 0.400. The summed E-state index contributed by atoms with van der Waals surface area (Å²) in [7, 11) is 0. The first-order valence-electron chi connectivity index (χ1n) is 7.34. The molecule has 1 fully saturated rings. The number of nitrogens with two attached hydrogens (primary N) is 1. The lowest BCUT2D eigenvalue weighted by atomic mass is 10.0. The van der Waals surface area contributed by atoms with Gasteiger partial charge in [0.2, 0.25) is 0 Å². The Morgan fingerprint density at radius 3 is 2.95 bits per heavy atom. The van der Waals surface area contributed by atoms with E-state index in [0.29, 0.717) is 17.9 Å². The average molecular weight is 301 g/mol. The third-order valence-corrected chi connectivity index (χ3v) is 4.04. The van der Waals surface area contributed by atoms with Crippen LogP contribution in [0.2, 0.25) is 0 Å². The van der Waals surface area contributed by atoms with Gasteiger partial charge < -0.3 is 10.6 Å². The van der Waals surface area contributed by atoms with Gasteiger partial charge in [0.1, 0.15) is 5.69 Å². The average Bonchev–Trinajstić information content (AvgIpc) is 2.93. The van der Waals surface area contributed by atoms with Crippen molar-refractivity contribution in [1.29, 1.82) is 0 Å². The SMILES string of the molecule is Cc1cnn(C2CCCN(c3cc(N)ccc3[N+](=O)[O-])C2)c1. The van der Waals surface area contributed by atoms with E-state index >= 15 is 0 Å². The van der Waals surface area contributed by atoms with Gasteiger partial charge in [0.15, 0.2) is 0 Å². The van der Waals surface area contributed by atoms with Gasteiger partial charge in [0, 0.05) is 31.0 Å². The highest BCUT2D eigenvalue weighted by Gasteiger charge is 2.26. The minimum Gasteiger partial charge on any atom is -0.399 e. The van der Waals surface area contributed by atoms with Gasteiger partial charge in [0.05, 0.1) is 17.2 Å². The maximum Gasteiger partial charge on any atom is 0.292 e. The van der Waals surface area contributed by atoms with Gasteiger partial charge in [-0.1, -0.05) is 0 Å². The maximum atomic E-state index is 11.3. The molecule has 2 heterocycles. The number of hydrogen-bond donors (Lipinski definition) is 1. The van der Waals surface area contributed by atoms with Crippen LogP contribution in [-0.2, 0) is 0 Å². The fourth-order valence-electron chi connectivity index (χ4n) is 2.97. The Bertz CT molecular complexity index is 697. The third kappa shape index (κ3) is 2.74. The number of aryl methyl sites for hydroxylation is 1. The van der Waals surface area contributed by atoms with E-state index < -0.39 is 0 Å². The summed E-state index contributed by atoms with van der Waals surface area (Å²) in [6.07, 6.45) is 5.84. The van der Waals surface area contributed by atoms with Gasteiger partial charge in [-0.2, -0.15) is 5.10 Å². The Morgan fingerprint density at radius 2 is 2.27 bits per heavy atom. The van der Waals surface area contributed by atoms with E-state index in [1.165, 1.54) is 6.07 Å². The summed E-state index contributed by atoms with van der Waals surface area (Å²) in [5.41, 5.74) is 8.17. The Hall–Kier alpha value is -2.57. The number of hydrogen-bond acceptors (Lipinski definition) is 5. The molecule has 2 aromatic rings. The molecule has 7 nitrogen and oxygen atoms in total. The van der Waals surface area contributed by atoms with Crippen LogP contribution in [0, 0.1) is 17.0 Å². The van der Waals surface area contributed by atoms with Crippen LogP contribution in [0.15, 0.2) is 30.6 Å². The van der Waals surface area contributed by atoms with E-state index in [1.54, 1.807) is 12.1 Å². The molecule has 0 bridgehead atoms. The number of aromatic nitrogens is 2. The van der Waals surface area contributed by atoms with Crippen LogP contribution in [0.1, 0.15) is 24.4 Å². The molecule has 1 aliphatic rings. The number of benzene rings is 1. The fourth-order valence-corrected chi connectivity index (χ4v) is 2.97. The largest absolute Gasteiger partial charge is 0.399 e. The first-order valence-corrected chi connectivity index (χ1v) is 7.34. The Balaban J connectivity index is 1.89. The van der Waals surface area contributed by atoms with Crippen molar-refractivity contribution < 1.29 is 4.92 Å². The second-order valence-electron chi connectivity index (χ2n) is 5.75. The van der Waals surface area contributed by atoms with Gasteiger partial charge >= 0.3 is 0 Å². The number of nitro benzene ring substituents is 1. The van der Waals surface area contributed by atoms with Crippen molar-refractivity contribution in [2.45, 2.75) is 25.8 Å². The molecule has 0 saturated carbocycles. The molecular formula is C15H19N5O2. The summed E-state index contributed by atoms with van der Waals surface area (Å²) in [6.45, 7) is 3.50. The van der Waals surface area contributed by atoms with Crippen molar-refractivity contribution in [2.75, 3.05) is 23.7 Å². The van der Waals surface area contributed by atoms with Crippen LogP contribution < -0.4 is 10.6 Å². The van der Waals surface area contributed by atoms with E-state index in [4.69, 9.17) is 5.73 Å². The highest BCUT2D eigenvalue weighted by molar-refractivity contribution is 5.68. The predicted molar refractivity (Wildman–Crippen MR) is 85.0 cm³/mol. The standard InChI is InChI=1S/C15H19N5O2/c1-11-8-17-19(9-11)13-3-2-6-18(10-13)15-7-12(16)4-5-14(15)20(21)22/h4-5,7-9,13H,2-3,6,10,16H2,1H3. The van der Waals surface area contributed by atoms with Crippen LogP contribution in [-0.4, -0.2) is 27.8 Å². The normalized spacial score (nSPS) is 18.4. The maximum absolute atomic E-state index is 11.3. The molecule has 3 rings (SSSR count). The first-order chi connectivity index (χ1) is 10.5. The molecule has 1 aliphatic heterocycles. The van der Waals surface area contributed by atoms with Gasteiger partial charge in [0.25, 0.3) is 5.69 Å². The topological polar surface area (TPSA) is 90.2 Å². The highest BCUT2D eigenvalue weighted by atomic mass is 16.6. The minimum atomic E-state index is -0.351. The van der Waals surface area contributed by atoms with E-state index in [9.17, 15) is 10.1 Å². The van der Waals surface area contributed by atoms with Crippen LogP contribution in [0.4, 0.5) is 17.1 Å². The lowest BCUT2D eigenvalue weighted by Crippen LogP contribution is -2.37. The summed E-state index contributed by atoms with van der Waals surface area (Å²) in [5.74, 6) is 0. The molecule has 0 radical (unpaired) electrons. The molecule has 1 aromatic carbocycles. The Kier molecular flexibility index (Phi) is 3.70. The molecule has 2 N–H and O–H groups in total. The quantitative estimate of drug-likeness (QED) is 0.534. The van der Waals surface area contributed by atoms with Crippen LogP contribution in [0.25, 0.3) is 0 Å². The van der Waals surface area contributed by atoms with Crippen molar-refractivity contribution in [2.24, 2.45) is 0 Å². The lowest BCUT2D eigenvalue weighted by Gasteiger charge is -2.34. The predicted octanol–water partition coefficient (Wildman–Crippen LogP) is 2.52. The summed E-state index contributed by atoms with van der Waals surface area (Å²) in [5, 5.41) is 15.6. The van der Waals surface area contributed by atoms with Gasteiger partial charge in [-0.05, 0) is 37.5 Å². The summed E-state index contributed by atoms with van der Waals surface area (Å²) < 4.78 is 1.96. The van der Waals surface area contributed by atoms with Crippen molar-refractivity contribution in [3.63, 3.8) is 0 Å². The van der Waals surface area contributed by atoms with Gasteiger partial charge in [-0.25, -0.2) is 0 Å². The highest BCUT2D eigenvalue weighted by Crippen LogP contribution is 2.34. The van der Waals surface area contributed by atoms with Crippen molar-refractivity contribution >= 4 is 17.1 Å². The van der Waals surface area contributed by atoms with Gasteiger partial charge in [-0.15, -0.1) is 0 Å². The smallest absolute Gasteiger partial charge is 0.292 e. The molecular weight excluding hydrogens is 282 g/mol. The zero-order chi connectivity index (χ0) is 15.7. The van der Waals surface area contributed by atoms with E-state index in [-0.39, 0.29) is 16.7 Å².